The first-order valence-corrected chi connectivity index (χ1v) is 2.31. The number of hydrogen-bond acceptors (Lipinski definition) is 2. The zero-order valence-electron chi connectivity index (χ0n) is 4.64. The van der Waals surface area contributed by atoms with Gasteiger partial charge in [-0.15, -0.1) is 0 Å². The second kappa shape index (κ2) is 4.20. The lowest BCUT2D eigenvalue weighted by Gasteiger charge is -1.97. The molecule has 5 heteroatoms. The molecule has 0 unspecified atom stereocenters. The summed E-state index contributed by atoms with van der Waals surface area (Å²) in [5, 5.41) is 0. The maximum absolute atomic E-state index is 11.1. The van der Waals surface area contributed by atoms with Crippen molar-refractivity contribution in [2.45, 2.75) is 13.0 Å². The van der Waals surface area contributed by atoms with E-state index in [4.69, 9.17) is 0 Å². The van der Waals surface area contributed by atoms with E-state index in [9.17, 15) is 13.6 Å². The molecule has 54 valence electrons. The Balaban J connectivity index is 3.01. The third-order valence-corrected chi connectivity index (χ3v) is 0.592. The monoisotopic (exact) mass is 139 g/mol. The maximum Gasteiger partial charge on any atom is 0.345 e. The number of rotatable bonds is 4. The van der Waals surface area contributed by atoms with Gasteiger partial charge in [0, 0.05) is 6.42 Å². The van der Waals surface area contributed by atoms with Crippen LogP contribution in [0.15, 0.2) is 0 Å². The summed E-state index contributed by atoms with van der Waals surface area (Å²) in [6.07, 6.45) is -0.162. The van der Waals surface area contributed by atoms with Gasteiger partial charge in [0.05, 0.1) is 6.61 Å². The zero-order valence-corrected chi connectivity index (χ0v) is 4.64. The van der Waals surface area contributed by atoms with Crippen molar-refractivity contribution in [3.05, 3.63) is 0 Å². The van der Waals surface area contributed by atoms with E-state index < -0.39 is 12.5 Å². The third kappa shape index (κ3) is 7.29. The normalized spacial score (nSPS) is 10.1. The van der Waals surface area contributed by atoms with Crippen LogP contribution in [0, 0.1) is 0 Å². The number of halogens is 2. The molecular formula is C4H7F2NO2. The molecule has 0 fully saturated rings. The molecule has 0 aromatic rings. The molecule has 0 heterocycles. The molecule has 1 amide bonds. The predicted octanol–water partition coefficient (Wildman–Crippen LogP) is 0.101. The van der Waals surface area contributed by atoms with Crippen LogP contribution in [0.5, 0.6) is 0 Å². The molecule has 0 radical (unpaired) electrons. The second-order valence-corrected chi connectivity index (χ2v) is 1.35. The van der Waals surface area contributed by atoms with E-state index in [-0.39, 0.29) is 13.0 Å². The molecule has 0 rings (SSSR count). The summed E-state index contributed by atoms with van der Waals surface area (Å²) in [6, 6.07) is 0. The Morgan fingerprint density at radius 1 is 1.67 bits per heavy atom. The minimum atomic E-state index is -2.82. The Kier molecular flexibility index (Phi) is 3.87. The molecule has 0 spiro atoms. The van der Waals surface area contributed by atoms with Gasteiger partial charge >= 0.3 is 6.61 Å². The molecule has 0 atom stereocenters. The van der Waals surface area contributed by atoms with Gasteiger partial charge in [-0.3, -0.25) is 4.79 Å². The van der Waals surface area contributed by atoms with Crippen molar-refractivity contribution < 1.29 is 18.3 Å². The Hall–Kier alpha value is -0.710. The predicted molar refractivity (Wildman–Crippen MR) is 25.8 cm³/mol. The van der Waals surface area contributed by atoms with Gasteiger partial charge in [-0.2, -0.15) is 8.78 Å². The number of carbonyl (C=O) groups excluding carboxylic acids is 1. The summed E-state index contributed by atoms with van der Waals surface area (Å²) in [4.78, 5) is 9.88. The van der Waals surface area contributed by atoms with Crippen LogP contribution >= 0.6 is 0 Å². The van der Waals surface area contributed by atoms with Gasteiger partial charge in [0.25, 0.3) is 0 Å². The van der Waals surface area contributed by atoms with Crippen LogP contribution in [0.25, 0.3) is 0 Å². The summed E-state index contributed by atoms with van der Waals surface area (Å²) < 4.78 is 25.9. The average molecular weight is 139 g/mol. The van der Waals surface area contributed by atoms with E-state index in [0.717, 1.165) is 0 Å². The minimum Gasteiger partial charge on any atom is -0.370 e. The summed E-state index contributed by atoms with van der Waals surface area (Å²) >= 11 is 0. The SMILES string of the molecule is NC(=O)CCOC(F)F. The van der Waals surface area contributed by atoms with Crippen molar-refractivity contribution in [1.29, 1.82) is 0 Å². The first kappa shape index (κ1) is 8.29. The van der Waals surface area contributed by atoms with Crippen molar-refractivity contribution in [1.82, 2.24) is 0 Å². The summed E-state index contributed by atoms with van der Waals surface area (Å²) in [5.41, 5.74) is 4.61. The lowest BCUT2D eigenvalue weighted by molar-refractivity contribution is -0.136. The number of amides is 1. The molecule has 0 aliphatic rings. The molecular weight excluding hydrogens is 132 g/mol. The van der Waals surface area contributed by atoms with Crippen LogP contribution in [0.1, 0.15) is 6.42 Å². The van der Waals surface area contributed by atoms with Gasteiger partial charge < -0.3 is 10.5 Å². The van der Waals surface area contributed by atoms with Gasteiger partial charge in [0.1, 0.15) is 0 Å². The fourth-order valence-corrected chi connectivity index (χ4v) is 0.249. The highest BCUT2D eigenvalue weighted by Crippen LogP contribution is 1.94. The third-order valence-electron chi connectivity index (χ3n) is 0.592. The molecule has 0 saturated carbocycles. The number of alkyl halides is 2. The number of nitrogens with two attached hydrogens (primary N) is 1. The molecule has 0 aromatic carbocycles. The van der Waals surface area contributed by atoms with Crippen LogP contribution in [0.3, 0.4) is 0 Å². The molecule has 3 nitrogen and oxygen atoms in total. The summed E-state index contributed by atoms with van der Waals surface area (Å²) in [6.45, 7) is -3.13. The fourth-order valence-electron chi connectivity index (χ4n) is 0.249. The molecule has 0 aliphatic heterocycles. The van der Waals surface area contributed by atoms with Crippen molar-refractivity contribution >= 4 is 5.91 Å². The maximum atomic E-state index is 11.1. The zero-order chi connectivity index (χ0) is 7.28. The Bertz CT molecular complexity index is 96.6. The number of primary amides is 1. The van der Waals surface area contributed by atoms with Crippen LogP contribution in [0.2, 0.25) is 0 Å². The topological polar surface area (TPSA) is 52.3 Å². The standard InChI is InChI=1S/C4H7F2NO2/c5-4(6)9-2-1-3(7)8/h4H,1-2H2,(H2,7,8). The van der Waals surface area contributed by atoms with Crippen LogP contribution in [0.4, 0.5) is 8.78 Å². The number of carbonyl (C=O) groups is 1. The first-order valence-electron chi connectivity index (χ1n) is 2.31. The largest absolute Gasteiger partial charge is 0.370 e. The van der Waals surface area contributed by atoms with E-state index in [1.807, 2.05) is 0 Å². The Morgan fingerprint density at radius 3 is 2.56 bits per heavy atom. The van der Waals surface area contributed by atoms with Gasteiger partial charge in [-0.05, 0) is 0 Å². The van der Waals surface area contributed by atoms with Crippen molar-refractivity contribution in [3.8, 4) is 0 Å². The van der Waals surface area contributed by atoms with Gasteiger partial charge in [0.2, 0.25) is 5.91 Å². The van der Waals surface area contributed by atoms with Crippen molar-refractivity contribution in [3.63, 3.8) is 0 Å². The highest BCUT2D eigenvalue weighted by Gasteiger charge is 2.01. The highest BCUT2D eigenvalue weighted by atomic mass is 19.3. The molecule has 0 bridgehead atoms. The quantitative estimate of drug-likeness (QED) is 0.600. The van der Waals surface area contributed by atoms with Crippen LogP contribution in [-0.2, 0) is 9.53 Å². The summed E-state index contributed by atoms with van der Waals surface area (Å²) in [5.74, 6) is -0.643. The second-order valence-electron chi connectivity index (χ2n) is 1.35. The molecule has 9 heavy (non-hydrogen) atoms. The van der Waals surface area contributed by atoms with Crippen LogP contribution in [-0.4, -0.2) is 19.1 Å². The number of ether oxygens (including phenoxy) is 1. The van der Waals surface area contributed by atoms with E-state index in [2.05, 4.69) is 10.5 Å². The first-order chi connectivity index (χ1) is 4.13. The molecule has 2 N–H and O–H groups in total. The van der Waals surface area contributed by atoms with Gasteiger partial charge in [0.15, 0.2) is 0 Å². The Labute approximate surface area is 50.8 Å². The molecule has 0 aliphatic carbocycles. The fraction of sp³-hybridized carbons (Fsp3) is 0.750. The van der Waals surface area contributed by atoms with Crippen molar-refractivity contribution in [2.75, 3.05) is 6.61 Å². The van der Waals surface area contributed by atoms with E-state index in [1.54, 1.807) is 0 Å². The lowest BCUT2D eigenvalue weighted by Crippen LogP contribution is -2.14. The van der Waals surface area contributed by atoms with Gasteiger partial charge in [-0.25, -0.2) is 0 Å². The van der Waals surface area contributed by atoms with Crippen LogP contribution < -0.4 is 5.73 Å². The lowest BCUT2D eigenvalue weighted by atomic mass is 10.4. The number of hydrogen-bond donors (Lipinski definition) is 1. The van der Waals surface area contributed by atoms with E-state index >= 15 is 0 Å². The Morgan fingerprint density at radius 2 is 2.22 bits per heavy atom. The highest BCUT2D eigenvalue weighted by molar-refractivity contribution is 5.73. The van der Waals surface area contributed by atoms with Crippen molar-refractivity contribution in [2.24, 2.45) is 5.73 Å². The smallest absolute Gasteiger partial charge is 0.345 e. The molecule has 0 saturated heterocycles. The average Bonchev–Trinajstić information content (AvgIpc) is 1.63. The minimum absolute atomic E-state index is 0.162. The molecule has 0 aromatic heterocycles. The summed E-state index contributed by atoms with van der Waals surface area (Å²) in [7, 11) is 0. The van der Waals surface area contributed by atoms with E-state index in [0.29, 0.717) is 0 Å². The van der Waals surface area contributed by atoms with E-state index in [1.165, 1.54) is 0 Å². The van der Waals surface area contributed by atoms with Gasteiger partial charge in [-0.1, -0.05) is 0 Å².